The van der Waals surface area contributed by atoms with Gasteiger partial charge in [0.15, 0.2) is 0 Å². The average molecular weight is 290 g/mol. The molecule has 5 nitrogen and oxygen atoms in total. The van der Waals surface area contributed by atoms with Crippen molar-refractivity contribution in [2.45, 2.75) is 26.8 Å². The summed E-state index contributed by atoms with van der Waals surface area (Å²) in [6.45, 7) is 5.36. The largest absolute Gasteiger partial charge is 0.360 e. The van der Waals surface area contributed by atoms with E-state index >= 15 is 0 Å². The van der Waals surface area contributed by atoms with Crippen LogP contribution in [0.3, 0.4) is 0 Å². The molecule has 0 spiro atoms. The van der Waals surface area contributed by atoms with Crippen LogP contribution in [0.1, 0.15) is 34.8 Å². The summed E-state index contributed by atoms with van der Waals surface area (Å²) >= 11 is 1.26. The van der Waals surface area contributed by atoms with E-state index in [1.807, 2.05) is 19.1 Å². The van der Waals surface area contributed by atoms with Crippen molar-refractivity contribution >= 4 is 22.4 Å². The zero-order valence-corrected chi connectivity index (χ0v) is 12.5. The van der Waals surface area contributed by atoms with Crippen LogP contribution in [-0.2, 0) is 13.0 Å². The van der Waals surface area contributed by atoms with Gasteiger partial charge in [0.1, 0.15) is 0 Å². The number of aromatic nitrogens is 2. The number of hydrogen-bond donors (Lipinski definition) is 2. The molecule has 106 valence electrons. The average Bonchev–Trinajstić information content (AvgIpc) is 2.94. The molecular weight excluding hydrogens is 272 g/mol. The molecule has 6 heteroatoms. The maximum atomic E-state index is 11.9. The first-order chi connectivity index (χ1) is 9.72. The zero-order chi connectivity index (χ0) is 14.4. The van der Waals surface area contributed by atoms with Crippen molar-refractivity contribution in [2.75, 3.05) is 11.9 Å². The fraction of sp³-hybridized carbons (Fsp3) is 0.357. The van der Waals surface area contributed by atoms with E-state index in [1.54, 1.807) is 0 Å². The number of nitrogens with zero attached hydrogens (tertiary/aromatic N) is 2. The summed E-state index contributed by atoms with van der Waals surface area (Å²) in [5.74, 6) is -0.189. The quantitative estimate of drug-likeness (QED) is 0.857. The lowest BCUT2D eigenvalue weighted by Crippen LogP contribution is -2.22. The van der Waals surface area contributed by atoms with E-state index < -0.39 is 0 Å². The summed E-state index contributed by atoms with van der Waals surface area (Å²) < 4.78 is 0. The minimum absolute atomic E-state index is 0.189. The number of amides is 1. The maximum absolute atomic E-state index is 11.9. The second-order valence-corrected chi connectivity index (χ2v) is 5.27. The van der Waals surface area contributed by atoms with Gasteiger partial charge in [-0.25, -0.2) is 0 Å². The van der Waals surface area contributed by atoms with Crippen molar-refractivity contribution in [1.29, 1.82) is 0 Å². The van der Waals surface area contributed by atoms with E-state index in [-0.39, 0.29) is 5.91 Å². The Balaban J connectivity index is 1.90. The fourth-order valence-electron chi connectivity index (χ4n) is 1.69. The third-order valence-corrected chi connectivity index (χ3v) is 3.71. The number of carbonyl (C=O) groups is 1. The van der Waals surface area contributed by atoms with Gasteiger partial charge in [-0.1, -0.05) is 42.5 Å². The smallest absolute Gasteiger partial charge is 0.282 e. The monoisotopic (exact) mass is 290 g/mol. The Morgan fingerprint density at radius 2 is 1.85 bits per heavy atom. The third-order valence-electron chi connectivity index (χ3n) is 2.83. The number of aryl methyl sites for hydroxylation is 1. The normalized spacial score (nSPS) is 10.3. The first kappa shape index (κ1) is 14.5. The summed E-state index contributed by atoms with van der Waals surface area (Å²) in [5.41, 5.74) is 2.37. The number of anilines is 1. The minimum atomic E-state index is -0.189. The van der Waals surface area contributed by atoms with Gasteiger partial charge < -0.3 is 10.6 Å². The van der Waals surface area contributed by atoms with E-state index in [4.69, 9.17) is 0 Å². The fourth-order valence-corrected chi connectivity index (χ4v) is 2.42. The number of nitrogens with one attached hydrogen (secondary N) is 2. The van der Waals surface area contributed by atoms with Gasteiger partial charge in [0.2, 0.25) is 10.1 Å². The van der Waals surface area contributed by atoms with Crippen LogP contribution in [0.15, 0.2) is 24.3 Å². The standard InChI is InChI=1S/C14H18N4OS/c1-3-10-5-7-11(8-6-10)9-16-12(19)13-17-18-14(20-13)15-4-2/h5-8H,3-4,9H2,1-2H3,(H,15,18)(H,16,19). The van der Waals surface area contributed by atoms with Crippen LogP contribution >= 0.6 is 11.3 Å². The van der Waals surface area contributed by atoms with Crippen molar-refractivity contribution in [2.24, 2.45) is 0 Å². The molecule has 2 aromatic rings. The van der Waals surface area contributed by atoms with E-state index in [2.05, 4.69) is 39.9 Å². The molecule has 0 saturated heterocycles. The first-order valence-electron chi connectivity index (χ1n) is 6.66. The van der Waals surface area contributed by atoms with Crippen LogP contribution in [0.2, 0.25) is 0 Å². The second-order valence-electron chi connectivity index (χ2n) is 4.30. The van der Waals surface area contributed by atoms with Gasteiger partial charge in [0.25, 0.3) is 5.91 Å². The molecule has 1 aromatic carbocycles. The van der Waals surface area contributed by atoms with E-state index in [9.17, 15) is 4.79 Å². The molecule has 1 amide bonds. The molecule has 2 N–H and O–H groups in total. The Morgan fingerprint density at radius 3 is 2.50 bits per heavy atom. The van der Waals surface area contributed by atoms with Crippen molar-refractivity contribution in [1.82, 2.24) is 15.5 Å². The molecule has 0 unspecified atom stereocenters. The van der Waals surface area contributed by atoms with Crippen LogP contribution in [0.4, 0.5) is 5.13 Å². The van der Waals surface area contributed by atoms with Crippen LogP contribution in [0, 0.1) is 0 Å². The lowest BCUT2D eigenvalue weighted by atomic mass is 10.1. The highest BCUT2D eigenvalue weighted by Crippen LogP contribution is 2.14. The van der Waals surface area contributed by atoms with Gasteiger partial charge in [0, 0.05) is 13.1 Å². The molecule has 0 aliphatic carbocycles. The number of hydrogen-bond acceptors (Lipinski definition) is 5. The predicted octanol–water partition coefficient (Wildman–Crippen LogP) is 2.46. The highest BCUT2D eigenvalue weighted by molar-refractivity contribution is 7.17. The van der Waals surface area contributed by atoms with E-state index in [0.717, 1.165) is 18.5 Å². The summed E-state index contributed by atoms with van der Waals surface area (Å²) in [7, 11) is 0. The highest BCUT2D eigenvalue weighted by Gasteiger charge is 2.11. The molecule has 20 heavy (non-hydrogen) atoms. The Bertz CT molecular complexity index is 565. The third kappa shape index (κ3) is 3.77. The van der Waals surface area contributed by atoms with Crippen LogP contribution in [0.25, 0.3) is 0 Å². The zero-order valence-electron chi connectivity index (χ0n) is 11.6. The number of benzene rings is 1. The summed E-state index contributed by atoms with van der Waals surface area (Å²) in [4.78, 5) is 11.9. The van der Waals surface area contributed by atoms with Gasteiger partial charge in [-0.3, -0.25) is 4.79 Å². The van der Waals surface area contributed by atoms with Crippen LogP contribution < -0.4 is 10.6 Å². The van der Waals surface area contributed by atoms with Crippen molar-refractivity contribution in [3.8, 4) is 0 Å². The Morgan fingerprint density at radius 1 is 1.15 bits per heavy atom. The molecule has 1 aromatic heterocycles. The van der Waals surface area contributed by atoms with Crippen molar-refractivity contribution in [3.05, 3.63) is 40.4 Å². The molecule has 0 radical (unpaired) electrons. The molecule has 0 atom stereocenters. The molecule has 2 rings (SSSR count). The lowest BCUT2D eigenvalue weighted by molar-refractivity contribution is 0.0950. The predicted molar refractivity (Wildman–Crippen MR) is 81.1 cm³/mol. The summed E-state index contributed by atoms with van der Waals surface area (Å²) in [5, 5.41) is 14.7. The summed E-state index contributed by atoms with van der Waals surface area (Å²) in [6, 6.07) is 8.22. The molecule has 0 fully saturated rings. The van der Waals surface area contributed by atoms with Crippen LogP contribution in [0.5, 0.6) is 0 Å². The molecule has 1 heterocycles. The second kappa shape index (κ2) is 7.00. The van der Waals surface area contributed by atoms with Gasteiger partial charge in [-0.05, 0) is 24.5 Å². The Kier molecular flexibility index (Phi) is 5.06. The topological polar surface area (TPSA) is 66.9 Å². The minimum Gasteiger partial charge on any atom is -0.360 e. The molecule has 0 aliphatic heterocycles. The summed E-state index contributed by atoms with van der Waals surface area (Å²) in [6.07, 6.45) is 1.02. The van der Waals surface area contributed by atoms with Crippen molar-refractivity contribution < 1.29 is 4.79 Å². The number of rotatable bonds is 6. The van der Waals surface area contributed by atoms with Gasteiger partial charge in [-0.2, -0.15) is 0 Å². The first-order valence-corrected chi connectivity index (χ1v) is 7.48. The molecular formula is C14H18N4OS. The van der Waals surface area contributed by atoms with Gasteiger partial charge in [-0.15, -0.1) is 10.2 Å². The highest BCUT2D eigenvalue weighted by atomic mass is 32.1. The van der Waals surface area contributed by atoms with Gasteiger partial charge in [0.05, 0.1) is 0 Å². The Hall–Kier alpha value is -1.95. The van der Waals surface area contributed by atoms with E-state index in [0.29, 0.717) is 16.7 Å². The molecule has 0 bridgehead atoms. The molecule has 0 aliphatic rings. The lowest BCUT2D eigenvalue weighted by Gasteiger charge is -2.04. The van der Waals surface area contributed by atoms with Gasteiger partial charge >= 0.3 is 0 Å². The van der Waals surface area contributed by atoms with Crippen LogP contribution in [-0.4, -0.2) is 22.6 Å². The maximum Gasteiger partial charge on any atom is 0.282 e. The Labute approximate surface area is 122 Å². The van der Waals surface area contributed by atoms with E-state index in [1.165, 1.54) is 16.9 Å². The SMILES string of the molecule is CCNc1nnc(C(=O)NCc2ccc(CC)cc2)s1. The van der Waals surface area contributed by atoms with Crippen molar-refractivity contribution in [3.63, 3.8) is 0 Å². The molecule has 0 saturated carbocycles. The number of carbonyl (C=O) groups excluding carboxylic acids is 1.